The fraction of sp³-hybridized carbons (Fsp3) is 0.417. The molecule has 2 amide bonds. The molecular weight excluding hydrogens is 408 g/mol. The van der Waals surface area contributed by atoms with Crippen molar-refractivity contribution in [1.29, 1.82) is 0 Å². The molecule has 2 aliphatic heterocycles. The van der Waals surface area contributed by atoms with E-state index in [2.05, 4.69) is 5.32 Å². The van der Waals surface area contributed by atoms with Gasteiger partial charge >= 0.3 is 0 Å². The van der Waals surface area contributed by atoms with Crippen LogP contribution >= 0.6 is 0 Å². The van der Waals surface area contributed by atoms with Crippen LogP contribution in [0.1, 0.15) is 59.2 Å². The van der Waals surface area contributed by atoms with Gasteiger partial charge in [-0.1, -0.05) is 18.2 Å². The minimum Gasteiger partial charge on any atom is -0.349 e. The maximum absolute atomic E-state index is 13.7. The summed E-state index contributed by atoms with van der Waals surface area (Å²) in [6.45, 7) is 2.44. The molecule has 0 bridgehead atoms. The van der Waals surface area contributed by atoms with Gasteiger partial charge < -0.3 is 15.1 Å². The number of hydrogen-bond acceptors (Lipinski definition) is 5. The molecule has 2 saturated heterocycles. The molecule has 2 aromatic rings. The Labute approximate surface area is 187 Å². The van der Waals surface area contributed by atoms with Crippen LogP contribution in [0.5, 0.6) is 0 Å². The third-order valence-electron chi connectivity index (χ3n) is 6.15. The van der Waals surface area contributed by atoms with Gasteiger partial charge in [-0.05, 0) is 56.7 Å². The lowest BCUT2D eigenvalue weighted by atomic mass is 9.98. The van der Waals surface area contributed by atoms with Gasteiger partial charge in [0, 0.05) is 37.9 Å². The standard InChI is InChI=1S/C24H28N4O4/c29-23(26-14-6-2-7-15-26)19-12-13-20(28(31)32)22(25-18-10-4-1-5-11-18)21(19)24(30)27-16-8-3-9-17-27/h1,4-5,10-13,25H,2-3,6-9,14-17H2. The topological polar surface area (TPSA) is 95.8 Å². The number of anilines is 2. The summed E-state index contributed by atoms with van der Waals surface area (Å²) in [5, 5.41) is 15.0. The maximum Gasteiger partial charge on any atom is 0.293 e. The number of para-hydroxylation sites is 1. The summed E-state index contributed by atoms with van der Waals surface area (Å²) in [6.07, 6.45) is 5.74. The van der Waals surface area contributed by atoms with Crippen LogP contribution in [0, 0.1) is 10.1 Å². The molecule has 0 aliphatic carbocycles. The Balaban J connectivity index is 1.84. The number of nitro groups is 1. The first-order valence-corrected chi connectivity index (χ1v) is 11.3. The van der Waals surface area contributed by atoms with Crippen molar-refractivity contribution in [3.05, 3.63) is 63.7 Å². The monoisotopic (exact) mass is 436 g/mol. The highest BCUT2D eigenvalue weighted by molar-refractivity contribution is 6.12. The van der Waals surface area contributed by atoms with Gasteiger partial charge in [0.25, 0.3) is 17.5 Å². The van der Waals surface area contributed by atoms with E-state index in [0.717, 1.165) is 38.5 Å². The summed E-state index contributed by atoms with van der Waals surface area (Å²) < 4.78 is 0. The van der Waals surface area contributed by atoms with Crippen molar-refractivity contribution in [1.82, 2.24) is 9.80 Å². The Kier molecular flexibility index (Phi) is 6.68. The zero-order valence-corrected chi connectivity index (χ0v) is 18.1. The van der Waals surface area contributed by atoms with E-state index in [1.54, 1.807) is 21.9 Å². The van der Waals surface area contributed by atoms with Crippen molar-refractivity contribution in [3.8, 4) is 0 Å². The van der Waals surface area contributed by atoms with Crippen LogP contribution in [-0.4, -0.2) is 52.7 Å². The molecular formula is C24H28N4O4. The third kappa shape index (κ3) is 4.59. The van der Waals surface area contributed by atoms with Crippen LogP contribution in [0.4, 0.5) is 17.1 Å². The van der Waals surface area contributed by atoms with E-state index >= 15 is 0 Å². The maximum atomic E-state index is 13.7. The highest BCUT2D eigenvalue weighted by Gasteiger charge is 2.33. The van der Waals surface area contributed by atoms with E-state index in [9.17, 15) is 19.7 Å². The van der Waals surface area contributed by atoms with Crippen LogP contribution in [0.3, 0.4) is 0 Å². The molecule has 2 heterocycles. The van der Waals surface area contributed by atoms with Gasteiger partial charge in [0.2, 0.25) is 0 Å². The van der Waals surface area contributed by atoms with E-state index in [0.29, 0.717) is 31.9 Å². The average molecular weight is 437 g/mol. The van der Waals surface area contributed by atoms with Gasteiger partial charge in [-0.15, -0.1) is 0 Å². The molecule has 0 saturated carbocycles. The SMILES string of the molecule is O=C(c1ccc([N+](=O)[O-])c(Nc2ccccc2)c1C(=O)N1CCCCC1)N1CCCCC1. The van der Waals surface area contributed by atoms with E-state index in [-0.39, 0.29) is 34.3 Å². The Hall–Kier alpha value is -3.42. The summed E-state index contributed by atoms with van der Waals surface area (Å²) in [7, 11) is 0. The number of benzene rings is 2. The third-order valence-corrected chi connectivity index (χ3v) is 6.15. The molecule has 8 heteroatoms. The minimum atomic E-state index is -0.507. The fourth-order valence-corrected chi connectivity index (χ4v) is 4.46. The molecule has 0 spiro atoms. The number of rotatable bonds is 5. The minimum absolute atomic E-state index is 0.0830. The number of nitro benzene ring substituents is 1. The summed E-state index contributed by atoms with van der Waals surface area (Å²) in [5.41, 5.74) is 0.807. The van der Waals surface area contributed by atoms with Crippen molar-refractivity contribution < 1.29 is 14.5 Å². The van der Waals surface area contributed by atoms with Gasteiger partial charge in [0.05, 0.1) is 16.1 Å². The van der Waals surface area contributed by atoms with Gasteiger partial charge in [0.1, 0.15) is 5.69 Å². The highest BCUT2D eigenvalue weighted by atomic mass is 16.6. The Morgan fingerprint density at radius 1 is 0.781 bits per heavy atom. The van der Waals surface area contributed by atoms with Crippen LogP contribution < -0.4 is 5.32 Å². The summed E-state index contributed by atoms with van der Waals surface area (Å²) >= 11 is 0. The first-order chi connectivity index (χ1) is 15.6. The molecule has 2 fully saturated rings. The van der Waals surface area contributed by atoms with E-state index in [4.69, 9.17) is 0 Å². The number of likely N-dealkylation sites (tertiary alicyclic amines) is 2. The molecule has 2 aromatic carbocycles. The van der Waals surface area contributed by atoms with Gasteiger partial charge in [0.15, 0.2) is 0 Å². The van der Waals surface area contributed by atoms with Crippen molar-refractivity contribution in [2.45, 2.75) is 38.5 Å². The highest BCUT2D eigenvalue weighted by Crippen LogP contribution is 2.36. The van der Waals surface area contributed by atoms with Crippen molar-refractivity contribution >= 4 is 28.9 Å². The van der Waals surface area contributed by atoms with Gasteiger partial charge in [-0.2, -0.15) is 0 Å². The second kappa shape index (κ2) is 9.80. The van der Waals surface area contributed by atoms with Crippen LogP contribution in [0.2, 0.25) is 0 Å². The molecule has 1 N–H and O–H groups in total. The number of amides is 2. The number of nitrogens with zero attached hydrogens (tertiary/aromatic N) is 3. The molecule has 0 unspecified atom stereocenters. The Bertz CT molecular complexity index is 997. The van der Waals surface area contributed by atoms with E-state index < -0.39 is 4.92 Å². The molecule has 2 aliphatic rings. The van der Waals surface area contributed by atoms with Gasteiger partial charge in [-0.25, -0.2) is 0 Å². The quantitative estimate of drug-likeness (QED) is 0.546. The van der Waals surface area contributed by atoms with E-state index in [1.807, 2.05) is 18.2 Å². The molecule has 168 valence electrons. The van der Waals surface area contributed by atoms with E-state index in [1.165, 1.54) is 12.1 Å². The lowest BCUT2D eigenvalue weighted by molar-refractivity contribution is -0.383. The molecule has 0 atom stereocenters. The van der Waals surface area contributed by atoms with Crippen LogP contribution in [-0.2, 0) is 0 Å². The smallest absolute Gasteiger partial charge is 0.293 e. The number of piperidine rings is 2. The predicted octanol–water partition coefficient (Wildman–Crippen LogP) is 4.59. The lowest BCUT2D eigenvalue weighted by Crippen LogP contribution is -2.39. The normalized spacial score (nSPS) is 16.5. The van der Waals surface area contributed by atoms with Gasteiger partial charge in [-0.3, -0.25) is 19.7 Å². The van der Waals surface area contributed by atoms with Crippen LogP contribution in [0.25, 0.3) is 0 Å². The zero-order chi connectivity index (χ0) is 22.5. The predicted molar refractivity (Wildman–Crippen MR) is 122 cm³/mol. The molecule has 32 heavy (non-hydrogen) atoms. The lowest BCUT2D eigenvalue weighted by Gasteiger charge is -2.30. The second-order valence-corrected chi connectivity index (χ2v) is 8.34. The molecule has 0 radical (unpaired) electrons. The van der Waals surface area contributed by atoms with Crippen molar-refractivity contribution in [3.63, 3.8) is 0 Å². The molecule has 8 nitrogen and oxygen atoms in total. The summed E-state index contributed by atoms with van der Waals surface area (Å²) in [6, 6.07) is 11.8. The first-order valence-electron chi connectivity index (χ1n) is 11.3. The molecule has 0 aromatic heterocycles. The molecule has 4 rings (SSSR count). The summed E-state index contributed by atoms with van der Waals surface area (Å²) in [4.78, 5) is 42.0. The Morgan fingerprint density at radius 2 is 1.34 bits per heavy atom. The summed E-state index contributed by atoms with van der Waals surface area (Å²) in [5.74, 6) is -0.566. The largest absolute Gasteiger partial charge is 0.349 e. The number of carbonyl (C=O) groups excluding carboxylic acids is 2. The zero-order valence-electron chi connectivity index (χ0n) is 18.1. The second-order valence-electron chi connectivity index (χ2n) is 8.34. The van der Waals surface area contributed by atoms with Crippen molar-refractivity contribution in [2.75, 3.05) is 31.5 Å². The van der Waals surface area contributed by atoms with Crippen LogP contribution in [0.15, 0.2) is 42.5 Å². The first kappa shape index (κ1) is 21.8. The number of hydrogen-bond donors (Lipinski definition) is 1. The number of carbonyl (C=O) groups is 2. The Morgan fingerprint density at radius 3 is 1.91 bits per heavy atom. The average Bonchev–Trinajstić information content (AvgIpc) is 2.84. The van der Waals surface area contributed by atoms with Crippen molar-refractivity contribution in [2.24, 2.45) is 0 Å². The number of nitrogens with one attached hydrogen (secondary N) is 1. The fourth-order valence-electron chi connectivity index (χ4n) is 4.46.